The molecule has 2 N–H and O–H groups in total. The molecule has 1 aromatic rings. The summed E-state index contributed by atoms with van der Waals surface area (Å²) in [6, 6.07) is 6.41. The average molecular weight is 383 g/mol. The molecule has 0 saturated heterocycles. The highest BCUT2D eigenvalue weighted by Gasteiger charge is 2.22. The van der Waals surface area contributed by atoms with E-state index in [1.165, 1.54) is 19.3 Å². The van der Waals surface area contributed by atoms with Crippen molar-refractivity contribution in [1.29, 1.82) is 0 Å². The van der Waals surface area contributed by atoms with Gasteiger partial charge in [-0.05, 0) is 59.3 Å². The summed E-state index contributed by atoms with van der Waals surface area (Å²) < 4.78 is 6.16. The Morgan fingerprint density at radius 1 is 1.39 bits per heavy atom. The van der Waals surface area contributed by atoms with E-state index < -0.39 is 0 Å². The second-order valence-electron chi connectivity index (χ2n) is 6.43. The van der Waals surface area contributed by atoms with Crippen LogP contribution in [0, 0.1) is 5.92 Å². The summed E-state index contributed by atoms with van der Waals surface area (Å²) >= 11 is 3.50. The Labute approximate surface area is 147 Å². The SMILES string of the molecule is COc1ccc([C@H](C)NCC(=O)N[C@@H]2CCCC[C@H]2C)cc1Br. The number of halogens is 1. The molecule has 1 aromatic carbocycles. The zero-order chi connectivity index (χ0) is 16.8. The molecule has 128 valence electrons. The van der Waals surface area contributed by atoms with Crippen molar-refractivity contribution < 1.29 is 9.53 Å². The van der Waals surface area contributed by atoms with Crippen molar-refractivity contribution in [3.05, 3.63) is 28.2 Å². The zero-order valence-corrected chi connectivity index (χ0v) is 15.8. The number of hydrogen-bond donors (Lipinski definition) is 2. The smallest absolute Gasteiger partial charge is 0.234 e. The third-order valence-corrected chi connectivity index (χ3v) is 5.32. The molecule has 0 bridgehead atoms. The maximum absolute atomic E-state index is 12.2. The van der Waals surface area contributed by atoms with E-state index in [1.54, 1.807) is 7.11 Å². The fraction of sp³-hybridized carbons (Fsp3) is 0.611. The molecule has 1 amide bonds. The molecule has 3 atom stereocenters. The van der Waals surface area contributed by atoms with E-state index in [2.05, 4.69) is 40.4 Å². The number of hydrogen-bond acceptors (Lipinski definition) is 3. The Morgan fingerprint density at radius 3 is 2.78 bits per heavy atom. The Kier molecular flexibility index (Phi) is 6.90. The maximum Gasteiger partial charge on any atom is 0.234 e. The van der Waals surface area contributed by atoms with E-state index in [-0.39, 0.29) is 11.9 Å². The number of amides is 1. The third-order valence-electron chi connectivity index (χ3n) is 4.70. The van der Waals surface area contributed by atoms with Crippen LogP contribution in [0.1, 0.15) is 51.1 Å². The summed E-state index contributed by atoms with van der Waals surface area (Å²) in [5.74, 6) is 1.48. The number of ether oxygens (including phenoxy) is 1. The van der Waals surface area contributed by atoms with Gasteiger partial charge in [0.15, 0.2) is 0 Å². The number of benzene rings is 1. The Hall–Kier alpha value is -1.07. The van der Waals surface area contributed by atoms with Crippen molar-refractivity contribution in [2.75, 3.05) is 13.7 Å². The minimum absolute atomic E-state index is 0.0863. The summed E-state index contributed by atoms with van der Waals surface area (Å²) in [4.78, 5) is 12.2. The van der Waals surface area contributed by atoms with Crippen LogP contribution in [0.25, 0.3) is 0 Å². The number of carbonyl (C=O) groups excluding carboxylic acids is 1. The Morgan fingerprint density at radius 2 is 2.13 bits per heavy atom. The normalized spacial score (nSPS) is 22.4. The standard InChI is InChI=1S/C18H27BrN2O2/c1-12-6-4-5-7-16(12)21-18(22)11-20-13(2)14-8-9-17(23-3)15(19)10-14/h8-10,12-13,16,20H,4-7,11H2,1-3H3,(H,21,22)/t12-,13+,16-/m1/s1. The van der Waals surface area contributed by atoms with Gasteiger partial charge in [-0.3, -0.25) is 4.79 Å². The van der Waals surface area contributed by atoms with Crippen LogP contribution in [-0.4, -0.2) is 25.6 Å². The Balaban J connectivity index is 1.82. The van der Waals surface area contributed by atoms with E-state index in [0.717, 1.165) is 22.2 Å². The van der Waals surface area contributed by atoms with Gasteiger partial charge in [-0.1, -0.05) is 25.8 Å². The van der Waals surface area contributed by atoms with Gasteiger partial charge in [0.05, 0.1) is 18.1 Å². The van der Waals surface area contributed by atoms with Crippen LogP contribution >= 0.6 is 15.9 Å². The lowest BCUT2D eigenvalue weighted by atomic mass is 9.86. The molecule has 1 saturated carbocycles. The minimum atomic E-state index is 0.0863. The molecular weight excluding hydrogens is 356 g/mol. The molecule has 0 heterocycles. The first-order valence-electron chi connectivity index (χ1n) is 8.37. The molecule has 1 aliphatic rings. The molecule has 0 radical (unpaired) electrons. The molecule has 0 unspecified atom stereocenters. The van der Waals surface area contributed by atoms with Crippen molar-refractivity contribution >= 4 is 21.8 Å². The number of methoxy groups -OCH3 is 1. The van der Waals surface area contributed by atoms with Gasteiger partial charge in [0.1, 0.15) is 5.75 Å². The first kappa shape index (κ1) is 18.3. The van der Waals surface area contributed by atoms with Crippen LogP contribution in [0.2, 0.25) is 0 Å². The lowest BCUT2D eigenvalue weighted by molar-refractivity contribution is -0.121. The van der Waals surface area contributed by atoms with Gasteiger partial charge in [-0.25, -0.2) is 0 Å². The summed E-state index contributed by atoms with van der Waals surface area (Å²) in [6.07, 6.45) is 4.83. The zero-order valence-electron chi connectivity index (χ0n) is 14.2. The molecule has 2 rings (SSSR count). The van der Waals surface area contributed by atoms with E-state index in [0.29, 0.717) is 18.5 Å². The van der Waals surface area contributed by atoms with Crippen LogP contribution in [0.4, 0.5) is 0 Å². The highest BCUT2D eigenvalue weighted by Crippen LogP contribution is 2.28. The van der Waals surface area contributed by atoms with Gasteiger partial charge in [0, 0.05) is 12.1 Å². The molecule has 23 heavy (non-hydrogen) atoms. The molecule has 1 fully saturated rings. The fourth-order valence-electron chi connectivity index (χ4n) is 3.10. The lowest BCUT2D eigenvalue weighted by Gasteiger charge is -2.29. The third kappa shape index (κ3) is 5.21. The number of carbonyl (C=O) groups is 1. The highest BCUT2D eigenvalue weighted by atomic mass is 79.9. The average Bonchev–Trinajstić information content (AvgIpc) is 2.54. The molecule has 0 aromatic heterocycles. The van der Waals surface area contributed by atoms with Crippen molar-refractivity contribution in [2.24, 2.45) is 5.92 Å². The van der Waals surface area contributed by atoms with Crippen LogP contribution in [0.15, 0.2) is 22.7 Å². The topological polar surface area (TPSA) is 50.4 Å². The molecule has 0 spiro atoms. The molecule has 5 heteroatoms. The fourth-order valence-corrected chi connectivity index (χ4v) is 3.66. The minimum Gasteiger partial charge on any atom is -0.496 e. The molecular formula is C18H27BrN2O2. The van der Waals surface area contributed by atoms with Gasteiger partial charge in [0.2, 0.25) is 5.91 Å². The van der Waals surface area contributed by atoms with Gasteiger partial charge in [-0.2, -0.15) is 0 Å². The predicted octanol–water partition coefficient (Wildman–Crippen LogP) is 3.80. The van der Waals surface area contributed by atoms with Crippen molar-refractivity contribution in [1.82, 2.24) is 10.6 Å². The lowest BCUT2D eigenvalue weighted by Crippen LogP contribution is -2.45. The first-order valence-corrected chi connectivity index (χ1v) is 9.16. The highest BCUT2D eigenvalue weighted by molar-refractivity contribution is 9.10. The van der Waals surface area contributed by atoms with E-state index in [1.807, 2.05) is 18.2 Å². The van der Waals surface area contributed by atoms with Gasteiger partial charge < -0.3 is 15.4 Å². The summed E-state index contributed by atoms with van der Waals surface area (Å²) in [5, 5.41) is 6.47. The van der Waals surface area contributed by atoms with Crippen LogP contribution < -0.4 is 15.4 Å². The number of rotatable bonds is 6. The predicted molar refractivity (Wildman–Crippen MR) is 96.7 cm³/mol. The molecule has 0 aliphatic heterocycles. The van der Waals surface area contributed by atoms with Crippen molar-refractivity contribution in [2.45, 2.75) is 51.6 Å². The van der Waals surface area contributed by atoms with Gasteiger partial charge in [-0.15, -0.1) is 0 Å². The monoisotopic (exact) mass is 382 g/mol. The Bertz CT molecular complexity index is 536. The van der Waals surface area contributed by atoms with E-state index in [9.17, 15) is 4.79 Å². The van der Waals surface area contributed by atoms with E-state index in [4.69, 9.17) is 4.74 Å². The van der Waals surface area contributed by atoms with Gasteiger partial charge >= 0.3 is 0 Å². The number of nitrogens with one attached hydrogen (secondary N) is 2. The maximum atomic E-state index is 12.2. The van der Waals surface area contributed by atoms with Gasteiger partial charge in [0.25, 0.3) is 0 Å². The first-order chi connectivity index (χ1) is 11.0. The van der Waals surface area contributed by atoms with Crippen LogP contribution in [0.3, 0.4) is 0 Å². The van der Waals surface area contributed by atoms with Crippen molar-refractivity contribution in [3.63, 3.8) is 0 Å². The second kappa shape index (κ2) is 8.69. The summed E-state index contributed by atoms with van der Waals surface area (Å²) in [6.45, 7) is 4.63. The second-order valence-corrected chi connectivity index (χ2v) is 7.29. The summed E-state index contributed by atoms with van der Waals surface area (Å²) in [7, 11) is 1.65. The van der Waals surface area contributed by atoms with Crippen LogP contribution in [0.5, 0.6) is 5.75 Å². The largest absolute Gasteiger partial charge is 0.496 e. The molecule has 4 nitrogen and oxygen atoms in total. The van der Waals surface area contributed by atoms with Crippen molar-refractivity contribution in [3.8, 4) is 5.75 Å². The van der Waals surface area contributed by atoms with E-state index >= 15 is 0 Å². The quantitative estimate of drug-likeness (QED) is 0.786. The summed E-state index contributed by atoms with van der Waals surface area (Å²) in [5.41, 5.74) is 1.12. The molecule has 1 aliphatic carbocycles. The van der Waals surface area contributed by atoms with Crippen LogP contribution in [-0.2, 0) is 4.79 Å².